The molecule has 2 rings (SSSR count). The second-order valence-electron chi connectivity index (χ2n) is 8.40. The van der Waals surface area contributed by atoms with E-state index >= 15 is 0 Å². The van der Waals surface area contributed by atoms with Crippen molar-refractivity contribution in [2.24, 2.45) is 5.92 Å². The van der Waals surface area contributed by atoms with E-state index in [-0.39, 0.29) is 16.9 Å². The Labute approximate surface area is 159 Å². The first kappa shape index (κ1) is 20.6. The van der Waals surface area contributed by atoms with E-state index in [4.69, 9.17) is 4.43 Å². The van der Waals surface area contributed by atoms with E-state index in [9.17, 15) is 4.79 Å². The largest absolute Gasteiger partial charge is 0.409 e. The Balaban J connectivity index is 2.29. The molecule has 2 nitrogen and oxygen atoms in total. The molecule has 1 atom stereocenters. The fourth-order valence-electron chi connectivity index (χ4n) is 3.01. The molecule has 0 aliphatic heterocycles. The summed E-state index contributed by atoms with van der Waals surface area (Å²) < 4.78 is 6.76. The molecular formula is C23H32O2Si. The predicted octanol–water partition coefficient (Wildman–Crippen LogP) is 6.66. The number of carbonyl (C=O) groups excluding carboxylic acids is 1. The zero-order chi connectivity index (χ0) is 19.4. The third-order valence-electron chi connectivity index (χ3n) is 6.07. The molecule has 2 aromatic carbocycles. The van der Waals surface area contributed by atoms with Gasteiger partial charge in [-0.2, -0.15) is 0 Å². The topological polar surface area (TPSA) is 26.3 Å². The van der Waals surface area contributed by atoms with E-state index in [0.717, 1.165) is 11.1 Å². The lowest BCUT2D eigenvalue weighted by Crippen LogP contribution is -2.46. The second-order valence-corrected chi connectivity index (χ2v) is 12.9. The van der Waals surface area contributed by atoms with Crippen molar-refractivity contribution < 1.29 is 9.22 Å². The maximum absolute atomic E-state index is 12.8. The zero-order valence-electron chi connectivity index (χ0n) is 17.0. The molecule has 140 valence electrons. The van der Waals surface area contributed by atoms with E-state index in [1.165, 1.54) is 0 Å². The highest BCUT2D eigenvalue weighted by Gasteiger charge is 2.45. The fraction of sp³-hybridized carbons (Fsp3) is 0.435. The van der Waals surface area contributed by atoms with E-state index in [1.54, 1.807) is 0 Å². The van der Waals surface area contributed by atoms with Gasteiger partial charge >= 0.3 is 0 Å². The van der Waals surface area contributed by atoms with Crippen LogP contribution < -0.4 is 0 Å². The van der Waals surface area contributed by atoms with Crippen molar-refractivity contribution in [3.8, 4) is 0 Å². The van der Waals surface area contributed by atoms with Gasteiger partial charge in [0.05, 0.1) is 6.10 Å². The summed E-state index contributed by atoms with van der Waals surface area (Å²) in [5.41, 5.74) is 1.83. The van der Waals surface area contributed by atoms with Crippen molar-refractivity contribution >= 4 is 14.1 Å². The lowest BCUT2D eigenvalue weighted by atomic mass is 9.99. The third-order valence-corrected chi connectivity index (χ3v) is 10.6. The standard InChI is InChI=1S/C23H32O2Si/c1-18(2)23(3,4)26(5,6)25-22(20-15-11-8-12-16-20)17-21(24)19-13-9-7-10-14-19/h7-16,18,22H,17H2,1-6H3. The average molecular weight is 369 g/mol. The van der Waals surface area contributed by atoms with Crippen molar-refractivity contribution in [2.45, 2.75) is 58.4 Å². The zero-order valence-corrected chi connectivity index (χ0v) is 18.0. The van der Waals surface area contributed by atoms with Crippen molar-refractivity contribution in [3.63, 3.8) is 0 Å². The molecule has 0 aromatic heterocycles. The summed E-state index contributed by atoms with van der Waals surface area (Å²) in [7, 11) is -2.06. The molecule has 0 radical (unpaired) electrons. The number of benzene rings is 2. The number of ketones is 1. The lowest BCUT2D eigenvalue weighted by molar-refractivity contribution is 0.0887. The highest BCUT2D eigenvalue weighted by atomic mass is 28.4. The first-order valence-electron chi connectivity index (χ1n) is 9.46. The quantitative estimate of drug-likeness (QED) is 0.385. The Morgan fingerprint density at radius 1 is 0.962 bits per heavy atom. The van der Waals surface area contributed by atoms with Crippen LogP contribution in [0.4, 0.5) is 0 Å². The molecule has 0 saturated carbocycles. The van der Waals surface area contributed by atoms with Crippen molar-refractivity contribution in [3.05, 3.63) is 71.8 Å². The van der Waals surface area contributed by atoms with E-state index < -0.39 is 8.32 Å². The molecular weight excluding hydrogens is 336 g/mol. The average Bonchev–Trinajstić information content (AvgIpc) is 2.62. The molecule has 26 heavy (non-hydrogen) atoms. The summed E-state index contributed by atoms with van der Waals surface area (Å²) in [4.78, 5) is 12.8. The summed E-state index contributed by atoms with van der Waals surface area (Å²) in [6.07, 6.45) is 0.169. The summed E-state index contributed by atoms with van der Waals surface area (Å²) in [6.45, 7) is 13.7. The number of Topliss-reactive ketones (excluding diaryl/α,β-unsaturated/α-hetero) is 1. The van der Waals surface area contributed by atoms with Gasteiger partial charge in [-0.3, -0.25) is 4.79 Å². The molecule has 2 aromatic rings. The molecule has 0 amide bonds. The third kappa shape index (κ3) is 4.71. The van der Waals surface area contributed by atoms with Crippen LogP contribution in [0.1, 0.15) is 56.1 Å². The minimum atomic E-state index is -2.06. The Hall–Kier alpha value is -1.71. The van der Waals surface area contributed by atoms with Crippen LogP contribution in [0.2, 0.25) is 18.1 Å². The minimum Gasteiger partial charge on any atom is -0.409 e. The SMILES string of the molecule is CC(C)C(C)(C)[Si](C)(C)OC(CC(=O)c1ccccc1)c1ccccc1. The van der Waals surface area contributed by atoms with Gasteiger partial charge in [0.15, 0.2) is 14.1 Å². The second kappa shape index (κ2) is 8.32. The van der Waals surface area contributed by atoms with Crippen molar-refractivity contribution in [1.82, 2.24) is 0 Å². The summed E-state index contributed by atoms with van der Waals surface area (Å²) in [5.74, 6) is 0.650. The van der Waals surface area contributed by atoms with Crippen LogP contribution >= 0.6 is 0 Å². The maximum Gasteiger partial charge on any atom is 0.193 e. The van der Waals surface area contributed by atoms with Crippen LogP contribution in [-0.2, 0) is 4.43 Å². The summed E-state index contributed by atoms with van der Waals surface area (Å²) in [6, 6.07) is 19.7. The van der Waals surface area contributed by atoms with Crippen LogP contribution in [0.25, 0.3) is 0 Å². The smallest absolute Gasteiger partial charge is 0.193 e. The van der Waals surface area contributed by atoms with Crippen LogP contribution in [0.15, 0.2) is 60.7 Å². The van der Waals surface area contributed by atoms with Gasteiger partial charge in [0.2, 0.25) is 0 Å². The van der Waals surface area contributed by atoms with Gasteiger partial charge in [0.25, 0.3) is 0 Å². The summed E-state index contributed by atoms with van der Waals surface area (Å²) >= 11 is 0. The van der Waals surface area contributed by atoms with Gasteiger partial charge in [-0.1, -0.05) is 88.4 Å². The molecule has 0 fully saturated rings. The monoisotopic (exact) mass is 368 g/mol. The molecule has 3 heteroatoms. The predicted molar refractivity (Wildman–Crippen MR) is 112 cm³/mol. The lowest BCUT2D eigenvalue weighted by Gasteiger charge is -2.44. The highest BCUT2D eigenvalue weighted by Crippen LogP contribution is 2.46. The van der Waals surface area contributed by atoms with Gasteiger partial charge in [0, 0.05) is 12.0 Å². The van der Waals surface area contributed by atoms with Gasteiger partial charge in [-0.15, -0.1) is 0 Å². The van der Waals surface area contributed by atoms with E-state index in [0.29, 0.717) is 12.3 Å². The molecule has 0 spiro atoms. The summed E-state index contributed by atoms with van der Waals surface area (Å²) in [5, 5.41) is 0.107. The van der Waals surface area contributed by atoms with Gasteiger partial charge in [-0.05, 0) is 29.6 Å². The molecule has 0 aliphatic rings. The molecule has 0 aliphatic carbocycles. The molecule has 0 bridgehead atoms. The van der Waals surface area contributed by atoms with Crippen LogP contribution in [-0.4, -0.2) is 14.1 Å². The van der Waals surface area contributed by atoms with Gasteiger partial charge in [0.1, 0.15) is 0 Å². The minimum absolute atomic E-state index is 0.107. The normalized spacial score (nSPS) is 13.7. The Morgan fingerprint density at radius 3 is 1.96 bits per heavy atom. The van der Waals surface area contributed by atoms with Crippen LogP contribution in [0.5, 0.6) is 0 Å². The van der Waals surface area contributed by atoms with Crippen LogP contribution in [0.3, 0.4) is 0 Å². The van der Waals surface area contributed by atoms with Crippen molar-refractivity contribution in [1.29, 1.82) is 0 Å². The number of hydrogen-bond acceptors (Lipinski definition) is 2. The molecule has 0 heterocycles. The maximum atomic E-state index is 12.8. The van der Waals surface area contributed by atoms with Crippen molar-refractivity contribution in [2.75, 3.05) is 0 Å². The fourth-order valence-corrected chi connectivity index (χ4v) is 5.63. The highest BCUT2D eigenvalue weighted by molar-refractivity contribution is 6.74. The number of carbonyl (C=O) groups is 1. The number of rotatable bonds is 8. The molecule has 0 saturated heterocycles. The Morgan fingerprint density at radius 2 is 1.46 bits per heavy atom. The number of hydrogen-bond donors (Lipinski definition) is 0. The van der Waals surface area contributed by atoms with E-state index in [1.807, 2.05) is 48.5 Å². The van der Waals surface area contributed by atoms with Gasteiger partial charge < -0.3 is 4.43 Å². The Kier molecular flexibility index (Phi) is 6.59. The van der Waals surface area contributed by atoms with Gasteiger partial charge in [-0.25, -0.2) is 0 Å². The van der Waals surface area contributed by atoms with Crippen LogP contribution in [0, 0.1) is 5.92 Å². The molecule has 0 N–H and O–H groups in total. The molecule has 1 unspecified atom stereocenters. The first-order chi connectivity index (χ1) is 12.1. The van der Waals surface area contributed by atoms with E-state index in [2.05, 4.69) is 52.9 Å². The Bertz CT molecular complexity index is 706. The first-order valence-corrected chi connectivity index (χ1v) is 12.4.